The maximum atomic E-state index is 10.9. The van der Waals surface area contributed by atoms with Crippen LogP contribution in [0, 0.1) is 5.41 Å². The highest BCUT2D eigenvalue weighted by Gasteiger charge is 2.49. The minimum Gasteiger partial charge on any atom is -0.481 e. The molecular formula is C14H19NO3. The summed E-state index contributed by atoms with van der Waals surface area (Å²) in [7, 11) is 1.86. The SMILES string of the molecule is CN1OC(CC(=O)O)C(C)(C)C1c1ccccc1. The third kappa shape index (κ3) is 2.26. The molecule has 1 saturated heterocycles. The highest BCUT2D eigenvalue weighted by molar-refractivity contribution is 5.67. The van der Waals surface area contributed by atoms with Crippen molar-refractivity contribution in [1.82, 2.24) is 5.06 Å². The molecule has 1 heterocycles. The van der Waals surface area contributed by atoms with Crippen LogP contribution in [0.5, 0.6) is 0 Å². The van der Waals surface area contributed by atoms with E-state index in [0.29, 0.717) is 0 Å². The monoisotopic (exact) mass is 249 g/mol. The third-order valence-corrected chi connectivity index (χ3v) is 3.67. The van der Waals surface area contributed by atoms with Crippen LogP contribution < -0.4 is 0 Å². The van der Waals surface area contributed by atoms with Gasteiger partial charge in [0.1, 0.15) is 0 Å². The summed E-state index contributed by atoms with van der Waals surface area (Å²) >= 11 is 0. The fourth-order valence-corrected chi connectivity index (χ4v) is 2.78. The average molecular weight is 249 g/mol. The Morgan fingerprint density at radius 3 is 2.56 bits per heavy atom. The molecule has 0 spiro atoms. The molecule has 0 aromatic heterocycles. The number of carboxylic acid groups (broad SMARTS) is 1. The zero-order valence-corrected chi connectivity index (χ0v) is 11.0. The van der Waals surface area contributed by atoms with Gasteiger partial charge in [0, 0.05) is 12.5 Å². The van der Waals surface area contributed by atoms with Gasteiger partial charge in [0.05, 0.1) is 18.6 Å². The van der Waals surface area contributed by atoms with E-state index in [1.54, 1.807) is 5.06 Å². The third-order valence-electron chi connectivity index (χ3n) is 3.67. The fraction of sp³-hybridized carbons (Fsp3) is 0.500. The predicted molar refractivity (Wildman–Crippen MR) is 67.9 cm³/mol. The fourth-order valence-electron chi connectivity index (χ4n) is 2.78. The van der Waals surface area contributed by atoms with E-state index in [-0.39, 0.29) is 24.0 Å². The van der Waals surface area contributed by atoms with Gasteiger partial charge in [-0.3, -0.25) is 9.63 Å². The summed E-state index contributed by atoms with van der Waals surface area (Å²) < 4.78 is 0. The Hall–Kier alpha value is -1.39. The van der Waals surface area contributed by atoms with Crippen molar-refractivity contribution in [3.8, 4) is 0 Å². The second kappa shape index (κ2) is 4.71. The van der Waals surface area contributed by atoms with E-state index in [1.807, 2.05) is 25.2 Å². The lowest BCUT2D eigenvalue weighted by Gasteiger charge is -2.30. The molecule has 0 amide bonds. The highest BCUT2D eigenvalue weighted by Crippen LogP contribution is 2.48. The van der Waals surface area contributed by atoms with E-state index in [1.165, 1.54) is 0 Å². The molecule has 4 nitrogen and oxygen atoms in total. The maximum absolute atomic E-state index is 10.9. The summed E-state index contributed by atoms with van der Waals surface area (Å²) in [6.45, 7) is 4.11. The quantitative estimate of drug-likeness (QED) is 0.894. The molecule has 2 atom stereocenters. The number of nitrogens with zero attached hydrogens (tertiary/aromatic N) is 1. The van der Waals surface area contributed by atoms with Crippen molar-refractivity contribution in [3.05, 3.63) is 35.9 Å². The second-order valence-electron chi connectivity index (χ2n) is 5.37. The van der Waals surface area contributed by atoms with E-state index >= 15 is 0 Å². The topological polar surface area (TPSA) is 49.8 Å². The summed E-state index contributed by atoms with van der Waals surface area (Å²) in [5, 5.41) is 10.7. The molecule has 0 aliphatic carbocycles. The molecule has 98 valence electrons. The zero-order valence-electron chi connectivity index (χ0n) is 11.0. The summed E-state index contributed by atoms with van der Waals surface area (Å²) in [4.78, 5) is 16.6. The van der Waals surface area contributed by atoms with Crippen molar-refractivity contribution in [2.24, 2.45) is 5.41 Å². The Morgan fingerprint density at radius 2 is 2.00 bits per heavy atom. The zero-order chi connectivity index (χ0) is 13.3. The van der Waals surface area contributed by atoms with Crippen molar-refractivity contribution < 1.29 is 14.7 Å². The van der Waals surface area contributed by atoms with Gasteiger partial charge < -0.3 is 5.11 Å². The van der Waals surface area contributed by atoms with Crippen molar-refractivity contribution in [2.45, 2.75) is 32.4 Å². The molecule has 1 N–H and O–H groups in total. The van der Waals surface area contributed by atoms with Crippen LogP contribution in [0.15, 0.2) is 30.3 Å². The number of hydroxylamine groups is 2. The molecule has 1 fully saturated rings. The molecule has 0 saturated carbocycles. The van der Waals surface area contributed by atoms with Gasteiger partial charge in [-0.15, -0.1) is 0 Å². The van der Waals surface area contributed by atoms with Crippen molar-refractivity contribution in [1.29, 1.82) is 0 Å². The van der Waals surface area contributed by atoms with Gasteiger partial charge in [0.25, 0.3) is 0 Å². The Bertz CT molecular complexity index is 430. The predicted octanol–water partition coefficient (Wildman–Crippen LogP) is 2.47. The van der Waals surface area contributed by atoms with Crippen molar-refractivity contribution >= 4 is 5.97 Å². The lowest BCUT2D eigenvalue weighted by atomic mass is 9.76. The van der Waals surface area contributed by atoms with Crippen LogP contribution in [0.25, 0.3) is 0 Å². The molecule has 1 aromatic carbocycles. The van der Waals surface area contributed by atoms with E-state index in [4.69, 9.17) is 9.94 Å². The molecule has 4 heteroatoms. The van der Waals surface area contributed by atoms with Gasteiger partial charge in [-0.2, -0.15) is 5.06 Å². The summed E-state index contributed by atoms with van der Waals surface area (Å²) in [5.41, 5.74) is 0.909. The van der Waals surface area contributed by atoms with Crippen LogP contribution >= 0.6 is 0 Å². The first-order valence-electron chi connectivity index (χ1n) is 6.09. The normalized spacial score (nSPS) is 27.3. The maximum Gasteiger partial charge on any atom is 0.306 e. The van der Waals surface area contributed by atoms with Gasteiger partial charge in [0.2, 0.25) is 0 Å². The summed E-state index contributed by atoms with van der Waals surface area (Å²) in [5.74, 6) is -0.824. The molecule has 0 radical (unpaired) electrons. The lowest BCUT2D eigenvalue weighted by molar-refractivity contribution is -0.161. The van der Waals surface area contributed by atoms with Gasteiger partial charge in [0.15, 0.2) is 0 Å². The van der Waals surface area contributed by atoms with Crippen molar-refractivity contribution in [3.63, 3.8) is 0 Å². The van der Waals surface area contributed by atoms with E-state index in [2.05, 4.69) is 26.0 Å². The first kappa shape index (κ1) is 13.1. The Balaban J connectivity index is 2.29. The second-order valence-corrected chi connectivity index (χ2v) is 5.37. The lowest BCUT2D eigenvalue weighted by Crippen LogP contribution is -2.31. The molecule has 2 unspecified atom stereocenters. The Morgan fingerprint density at radius 1 is 1.39 bits per heavy atom. The Kier molecular flexibility index (Phi) is 3.41. The van der Waals surface area contributed by atoms with Crippen LogP contribution in [0.1, 0.15) is 31.9 Å². The summed E-state index contributed by atoms with van der Waals surface area (Å²) in [6.07, 6.45) is -0.272. The first-order chi connectivity index (χ1) is 8.43. The highest BCUT2D eigenvalue weighted by atomic mass is 16.7. The number of hydrogen-bond donors (Lipinski definition) is 1. The van der Waals surface area contributed by atoms with Gasteiger partial charge >= 0.3 is 5.97 Å². The van der Waals surface area contributed by atoms with Crippen LogP contribution in [-0.2, 0) is 9.63 Å². The molecule has 2 rings (SSSR count). The van der Waals surface area contributed by atoms with Crippen LogP contribution in [0.4, 0.5) is 0 Å². The molecule has 18 heavy (non-hydrogen) atoms. The van der Waals surface area contributed by atoms with Gasteiger partial charge in [-0.05, 0) is 5.56 Å². The van der Waals surface area contributed by atoms with E-state index in [0.717, 1.165) is 5.56 Å². The van der Waals surface area contributed by atoms with Gasteiger partial charge in [-0.1, -0.05) is 44.2 Å². The number of benzene rings is 1. The van der Waals surface area contributed by atoms with Crippen LogP contribution in [0.2, 0.25) is 0 Å². The van der Waals surface area contributed by atoms with Crippen LogP contribution in [-0.4, -0.2) is 29.3 Å². The minimum absolute atomic E-state index is 0.0284. The largest absolute Gasteiger partial charge is 0.481 e. The van der Waals surface area contributed by atoms with Crippen molar-refractivity contribution in [2.75, 3.05) is 7.05 Å². The minimum atomic E-state index is -0.824. The molecule has 0 bridgehead atoms. The smallest absolute Gasteiger partial charge is 0.306 e. The molecular weight excluding hydrogens is 230 g/mol. The van der Waals surface area contributed by atoms with E-state index < -0.39 is 5.97 Å². The number of rotatable bonds is 3. The molecule has 1 aromatic rings. The number of hydrogen-bond acceptors (Lipinski definition) is 3. The standard InChI is InChI=1S/C14H19NO3/c1-14(2)11(9-12(16)17)18-15(3)13(14)10-7-5-4-6-8-10/h4-8,11,13H,9H2,1-3H3,(H,16,17). The number of carboxylic acids is 1. The first-order valence-corrected chi connectivity index (χ1v) is 6.09. The Labute approximate surface area is 107 Å². The van der Waals surface area contributed by atoms with Gasteiger partial charge in [-0.25, -0.2) is 0 Å². The average Bonchev–Trinajstić information content (AvgIpc) is 2.49. The van der Waals surface area contributed by atoms with E-state index in [9.17, 15) is 4.79 Å². The number of aliphatic carboxylic acids is 1. The number of carbonyl (C=O) groups is 1. The summed E-state index contributed by atoms with van der Waals surface area (Å²) in [6, 6.07) is 10.1. The molecule has 1 aliphatic heterocycles. The molecule has 1 aliphatic rings. The van der Waals surface area contributed by atoms with Crippen LogP contribution in [0.3, 0.4) is 0 Å².